The number of likely N-dealkylation sites (tertiary alicyclic amines) is 1. The molecule has 2 bridgehead atoms. The lowest BCUT2D eigenvalue weighted by Crippen LogP contribution is -2.46. The Hall–Kier alpha value is -2.01. The van der Waals surface area contributed by atoms with Crippen LogP contribution in [0.3, 0.4) is 0 Å². The summed E-state index contributed by atoms with van der Waals surface area (Å²) in [6, 6.07) is 9.36. The third-order valence-electron chi connectivity index (χ3n) is 4.50. The molecule has 0 amide bonds. The van der Waals surface area contributed by atoms with Crippen LogP contribution in [0.5, 0.6) is 0 Å². The van der Waals surface area contributed by atoms with E-state index in [1.54, 1.807) is 0 Å². The molecule has 2 unspecified atom stereocenters. The Kier molecular flexibility index (Phi) is 3.07. The van der Waals surface area contributed by atoms with Gasteiger partial charge >= 0.3 is 0 Å². The number of pyridine rings is 1. The minimum Gasteiger partial charge on any atom is -0.351 e. The summed E-state index contributed by atoms with van der Waals surface area (Å²) in [7, 11) is 0. The summed E-state index contributed by atoms with van der Waals surface area (Å²) in [5.74, 6) is 1.92. The van der Waals surface area contributed by atoms with Crippen molar-refractivity contribution in [1.29, 1.82) is 0 Å². The molecule has 108 valence electrons. The van der Waals surface area contributed by atoms with E-state index in [1.165, 1.54) is 6.42 Å². The lowest BCUT2D eigenvalue weighted by atomic mass is 10.2. The SMILES string of the molecule is Cc1nccc(N2CC3CC2CN3Cc2ccccn2)n1. The zero-order valence-electron chi connectivity index (χ0n) is 12.2. The molecular formula is C16H19N5. The van der Waals surface area contributed by atoms with E-state index in [9.17, 15) is 0 Å². The van der Waals surface area contributed by atoms with Crippen molar-refractivity contribution >= 4 is 5.82 Å². The third-order valence-corrected chi connectivity index (χ3v) is 4.50. The number of hydrogen-bond donors (Lipinski definition) is 0. The number of piperazine rings is 1. The van der Waals surface area contributed by atoms with E-state index in [0.29, 0.717) is 12.1 Å². The largest absolute Gasteiger partial charge is 0.351 e. The first-order chi connectivity index (χ1) is 10.3. The van der Waals surface area contributed by atoms with Crippen LogP contribution in [0, 0.1) is 6.92 Å². The molecule has 2 aliphatic heterocycles. The van der Waals surface area contributed by atoms with Crippen LogP contribution in [0.4, 0.5) is 5.82 Å². The molecule has 0 spiro atoms. The molecule has 2 aromatic heterocycles. The molecule has 0 saturated carbocycles. The molecule has 0 aromatic carbocycles. The highest BCUT2D eigenvalue weighted by molar-refractivity contribution is 5.42. The molecule has 5 heteroatoms. The maximum absolute atomic E-state index is 4.57. The summed E-state index contributed by atoms with van der Waals surface area (Å²) in [6.07, 6.45) is 4.96. The molecule has 21 heavy (non-hydrogen) atoms. The van der Waals surface area contributed by atoms with Crippen molar-refractivity contribution in [2.75, 3.05) is 18.0 Å². The van der Waals surface area contributed by atoms with Crippen LogP contribution in [0.2, 0.25) is 0 Å². The highest BCUT2D eigenvalue weighted by Gasteiger charge is 2.43. The smallest absolute Gasteiger partial charge is 0.132 e. The van der Waals surface area contributed by atoms with Gasteiger partial charge in [0, 0.05) is 44.1 Å². The Morgan fingerprint density at radius 1 is 1.10 bits per heavy atom. The van der Waals surface area contributed by atoms with Crippen molar-refractivity contribution in [1.82, 2.24) is 19.9 Å². The fraction of sp³-hybridized carbons (Fsp3) is 0.438. The second kappa shape index (κ2) is 5.07. The van der Waals surface area contributed by atoms with E-state index in [0.717, 1.165) is 37.0 Å². The van der Waals surface area contributed by atoms with Crippen LogP contribution in [-0.4, -0.2) is 45.0 Å². The van der Waals surface area contributed by atoms with E-state index in [4.69, 9.17) is 0 Å². The third kappa shape index (κ3) is 2.38. The fourth-order valence-electron chi connectivity index (χ4n) is 3.53. The number of aryl methyl sites for hydroxylation is 1. The van der Waals surface area contributed by atoms with Crippen molar-refractivity contribution in [2.24, 2.45) is 0 Å². The Morgan fingerprint density at radius 3 is 2.76 bits per heavy atom. The van der Waals surface area contributed by atoms with Crippen LogP contribution < -0.4 is 4.90 Å². The van der Waals surface area contributed by atoms with Gasteiger partial charge in [0.1, 0.15) is 11.6 Å². The van der Waals surface area contributed by atoms with Crippen LogP contribution in [0.15, 0.2) is 36.7 Å². The molecule has 0 aliphatic carbocycles. The molecule has 2 aromatic rings. The summed E-state index contributed by atoms with van der Waals surface area (Å²) >= 11 is 0. The van der Waals surface area contributed by atoms with Crippen molar-refractivity contribution in [3.63, 3.8) is 0 Å². The quantitative estimate of drug-likeness (QED) is 0.856. The number of aromatic nitrogens is 3. The van der Waals surface area contributed by atoms with Crippen LogP contribution in [0.25, 0.3) is 0 Å². The summed E-state index contributed by atoms with van der Waals surface area (Å²) in [5.41, 5.74) is 1.16. The summed E-state index contributed by atoms with van der Waals surface area (Å²) in [5, 5.41) is 0. The topological polar surface area (TPSA) is 45.2 Å². The van der Waals surface area contributed by atoms with Gasteiger partial charge in [0.15, 0.2) is 0 Å². The molecule has 4 rings (SSSR count). The first-order valence-electron chi connectivity index (χ1n) is 7.50. The van der Waals surface area contributed by atoms with Gasteiger partial charge in [0.25, 0.3) is 0 Å². The zero-order valence-corrected chi connectivity index (χ0v) is 12.2. The second-order valence-electron chi connectivity index (χ2n) is 5.91. The van der Waals surface area contributed by atoms with Crippen molar-refractivity contribution < 1.29 is 0 Å². The van der Waals surface area contributed by atoms with Gasteiger partial charge < -0.3 is 4.90 Å². The number of fused-ring (bicyclic) bond motifs is 2. The van der Waals surface area contributed by atoms with Crippen LogP contribution in [-0.2, 0) is 6.54 Å². The Bertz CT molecular complexity index is 630. The number of rotatable bonds is 3. The van der Waals surface area contributed by atoms with Gasteiger partial charge in [-0.15, -0.1) is 0 Å². The Balaban J connectivity index is 1.46. The molecule has 2 saturated heterocycles. The lowest BCUT2D eigenvalue weighted by molar-refractivity contribution is 0.227. The molecule has 0 N–H and O–H groups in total. The summed E-state index contributed by atoms with van der Waals surface area (Å²) in [6.45, 7) is 5.07. The molecule has 5 nitrogen and oxygen atoms in total. The fourth-order valence-corrected chi connectivity index (χ4v) is 3.53. The predicted octanol–water partition coefficient (Wildman–Crippen LogP) is 1.64. The van der Waals surface area contributed by atoms with Gasteiger partial charge in [-0.05, 0) is 31.5 Å². The Morgan fingerprint density at radius 2 is 2.05 bits per heavy atom. The second-order valence-corrected chi connectivity index (χ2v) is 5.91. The van der Waals surface area contributed by atoms with Crippen molar-refractivity contribution in [3.05, 3.63) is 48.2 Å². The van der Waals surface area contributed by atoms with Gasteiger partial charge in [0.05, 0.1) is 5.69 Å². The van der Waals surface area contributed by atoms with E-state index >= 15 is 0 Å². The Labute approximate surface area is 124 Å². The lowest BCUT2D eigenvalue weighted by Gasteiger charge is -2.34. The number of anilines is 1. The van der Waals surface area contributed by atoms with Crippen LogP contribution in [0.1, 0.15) is 17.9 Å². The highest BCUT2D eigenvalue weighted by Crippen LogP contribution is 2.34. The molecule has 4 heterocycles. The first-order valence-corrected chi connectivity index (χ1v) is 7.50. The highest BCUT2D eigenvalue weighted by atomic mass is 15.4. The van der Waals surface area contributed by atoms with E-state index in [1.807, 2.05) is 31.5 Å². The minimum absolute atomic E-state index is 0.577. The molecular weight excluding hydrogens is 262 g/mol. The van der Waals surface area contributed by atoms with Crippen LogP contribution >= 0.6 is 0 Å². The first kappa shape index (κ1) is 12.7. The van der Waals surface area contributed by atoms with Crippen molar-refractivity contribution in [3.8, 4) is 0 Å². The summed E-state index contributed by atoms with van der Waals surface area (Å²) in [4.78, 5) is 18.2. The van der Waals surface area contributed by atoms with Gasteiger partial charge in [-0.3, -0.25) is 9.88 Å². The predicted molar refractivity (Wildman–Crippen MR) is 81.0 cm³/mol. The van der Waals surface area contributed by atoms with E-state index in [-0.39, 0.29) is 0 Å². The van der Waals surface area contributed by atoms with E-state index in [2.05, 4.69) is 36.9 Å². The normalized spacial score (nSPS) is 24.7. The maximum Gasteiger partial charge on any atom is 0.132 e. The average Bonchev–Trinajstić information content (AvgIpc) is 3.08. The molecule has 2 fully saturated rings. The number of nitrogens with zero attached hydrogens (tertiary/aromatic N) is 5. The maximum atomic E-state index is 4.57. The van der Waals surface area contributed by atoms with Gasteiger partial charge in [0.2, 0.25) is 0 Å². The van der Waals surface area contributed by atoms with E-state index < -0.39 is 0 Å². The monoisotopic (exact) mass is 281 g/mol. The average molecular weight is 281 g/mol. The van der Waals surface area contributed by atoms with Crippen molar-refractivity contribution in [2.45, 2.75) is 32.0 Å². The number of hydrogen-bond acceptors (Lipinski definition) is 5. The summed E-state index contributed by atoms with van der Waals surface area (Å²) < 4.78 is 0. The molecule has 0 radical (unpaired) electrons. The standard InChI is InChI=1S/C16H19N5/c1-12-17-7-5-16(19-12)21-11-14-8-15(21)10-20(14)9-13-4-2-3-6-18-13/h2-7,14-15H,8-11H2,1H3. The molecule has 2 atom stereocenters. The van der Waals surface area contributed by atoms with Gasteiger partial charge in [-0.1, -0.05) is 6.07 Å². The minimum atomic E-state index is 0.577. The van der Waals surface area contributed by atoms with Gasteiger partial charge in [-0.2, -0.15) is 0 Å². The molecule has 2 aliphatic rings. The zero-order chi connectivity index (χ0) is 14.2. The van der Waals surface area contributed by atoms with Gasteiger partial charge in [-0.25, -0.2) is 9.97 Å².